The first kappa shape index (κ1) is 11.9. The van der Waals surface area contributed by atoms with Crippen molar-refractivity contribution >= 4 is 11.7 Å². The van der Waals surface area contributed by atoms with E-state index in [1.54, 1.807) is 6.20 Å². The fourth-order valence-electron chi connectivity index (χ4n) is 1.66. The van der Waals surface area contributed by atoms with Crippen LogP contribution in [0.4, 0.5) is 5.82 Å². The topological polar surface area (TPSA) is 78.4 Å². The summed E-state index contributed by atoms with van der Waals surface area (Å²) in [5.74, 6) is 0.323. The van der Waals surface area contributed by atoms with Crippen LogP contribution in [0.1, 0.15) is 12.6 Å². The lowest BCUT2D eigenvalue weighted by atomic mass is 10.1. The number of carbonyl (C=O) groups excluding carboxylic acids is 1. The zero-order valence-corrected chi connectivity index (χ0v) is 9.92. The Kier molecular flexibility index (Phi) is 3.35. The maximum absolute atomic E-state index is 11.8. The fraction of sp³-hybridized carbons (Fsp3) is 0.545. The number of aromatic nitrogens is 2. The molecule has 2 N–H and O–H groups in total. The highest BCUT2D eigenvalue weighted by molar-refractivity contribution is 5.93. The number of nitrogens with zero attached hydrogens (tertiary/aromatic N) is 3. The molecule has 0 aromatic carbocycles. The fourth-order valence-corrected chi connectivity index (χ4v) is 1.66. The molecule has 1 fully saturated rings. The van der Waals surface area contributed by atoms with E-state index >= 15 is 0 Å². The van der Waals surface area contributed by atoms with Crippen molar-refractivity contribution in [2.45, 2.75) is 26.0 Å². The summed E-state index contributed by atoms with van der Waals surface area (Å²) in [6.45, 7) is 4.74. The number of rotatable bonds is 3. The van der Waals surface area contributed by atoms with Gasteiger partial charge in [-0.05, 0) is 13.8 Å². The van der Waals surface area contributed by atoms with Gasteiger partial charge in [-0.25, -0.2) is 4.98 Å². The molecule has 92 valence electrons. The third kappa shape index (κ3) is 2.78. The molecule has 0 spiro atoms. The van der Waals surface area contributed by atoms with E-state index in [2.05, 4.69) is 15.3 Å². The molecule has 0 saturated carbocycles. The van der Waals surface area contributed by atoms with Crippen molar-refractivity contribution in [3.8, 4) is 0 Å². The van der Waals surface area contributed by atoms with Crippen LogP contribution >= 0.6 is 0 Å². The Labute approximate surface area is 99.7 Å². The summed E-state index contributed by atoms with van der Waals surface area (Å²) < 4.78 is 0. The number of anilines is 1. The van der Waals surface area contributed by atoms with E-state index in [0.29, 0.717) is 18.9 Å². The lowest BCUT2D eigenvalue weighted by molar-refractivity contribution is -0.125. The molecule has 0 aliphatic carbocycles. The van der Waals surface area contributed by atoms with E-state index in [9.17, 15) is 9.90 Å². The molecule has 1 unspecified atom stereocenters. The van der Waals surface area contributed by atoms with Crippen molar-refractivity contribution in [2.75, 3.05) is 18.4 Å². The highest BCUT2D eigenvalue weighted by Gasteiger charge is 2.32. The van der Waals surface area contributed by atoms with Gasteiger partial charge in [-0.3, -0.25) is 14.7 Å². The van der Waals surface area contributed by atoms with Crippen LogP contribution in [0.25, 0.3) is 0 Å². The Morgan fingerprint density at radius 3 is 2.76 bits per heavy atom. The first-order valence-electron chi connectivity index (χ1n) is 5.58. The predicted octanol–water partition coefficient (Wildman–Crippen LogP) is -0.211. The number of aliphatic hydroxyl groups is 1. The smallest absolute Gasteiger partial charge is 0.242 e. The first-order valence-corrected chi connectivity index (χ1v) is 5.58. The second kappa shape index (κ2) is 4.77. The van der Waals surface area contributed by atoms with Crippen LogP contribution < -0.4 is 5.32 Å². The summed E-state index contributed by atoms with van der Waals surface area (Å²) in [6.07, 6.45) is 2.84. The van der Waals surface area contributed by atoms with Crippen molar-refractivity contribution in [1.29, 1.82) is 0 Å². The minimum atomic E-state index is -0.301. The Hall–Kier alpha value is -1.53. The lowest BCUT2D eigenvalue weighted by Crippen LogP contribution is -2.57. The van der Waals surface area contributed by atoms with E-state index in [4.69, 9.17) is 0 Å². The molecular formula is C11H16N4O2. The number of aryl methyl sites for hydroxylation is 1. The van der Waals surface area contributed by atoms with Crippen molar-refractivity contribution in [1.82, 2.24) is 14.9 Å². The molecule has 1 aromatic heterocycles. The Morgan fingerprint density at radius 1 is 1.53 bits per heavy atom. The third-order valence-electron chi connectivity index (χ3n) is 2.85. The van der Waals surface area contributed by atoms with Crippen molar-refractivity contribution in [2.24, 2.45) is 0 Å². The molecule has 0 bridgehead atoms. The molecule has 1 aromatic rings. The number of hydrogen-bond acceptors (Lipinski definition) is 5. The van der Waals surface area contributed by atoms with Gasteiger partial charge >= 0.3 is 0 Å². The average molecular weight is 236 g/mol. The highest BCUT2D eigenvalue weighted by Crippen LogP contribution is 2.13. The Morgan fingerprint density at radius 2 is 2.24 bits per heavy atom. The van der Waals surface area contributed by atoms with Crippen molar-refractivity contribution in [3.63, 3.8) is 0 Å². The zero-order valence-electron chi connectivity index (χ0n) is 9.92. The summed E-state index contributed by atoms with van der Waals surface area (Å²) in [5, 5.41) is 11.9. The van der Waals surface area contributed by atoms with Crippen LogP contribution in [0.3, 0.4) is 0 Å². The maximum atomic E-state index is 11.8. The minimum absolute atomic E-state index is 0.130. The normalized spacial score (nSPS) is 18.5. The van der Waals surface area contributed by atoms with Crippen LogP contribution in [-0.2, 0) is 4.79 Å². The molecule has 2 heterocycles. The van der Waals surface area contributed by atoms with E-state index in [1.807, 2.05) is 18.7 Å². The number of aliphatic hydroxyl groups excluding tert-OH is 1. The second-order valence-electron chi connectivity index (χ2n) is 4.32. The number of β-amino-alcohol motifs (C(OH)–C–C–N with tert-alkyl or cyclic N) is 1. The van der Waals surface area contributed by atoms with Gasteiger partial charge in [0.15, 0.2) is 5.82 Å². The third-order valence-corrected chi connectivity index (χ3v) is 2.85. The predicted molar refractivity (Wildman–Crippen MR) is 62.4 cm³/mol. The largest absolute Gasteiger partial charge is 0.390 e. The van der Waals surface area contributed by atoms with Gasteiger partial charge in [0, 0.05) is 13.1 Å². The first-order chi connectivity index (χ1) is 8.06. The summed E-state index contributed by atoms with van der Waals surface area (Å²) >= 11 is 0. The van der Waals surface area contributed by atoms with Gasteiger partial charge in [-0.1, -0.05) is 0 Å². The SMILES string of the molecule is Cc1cnc(NC(=O)C(C)N2CC(O)C2)cn1. The van der Waals surface area contributed by atoms with Gasteiger partial charge in [0.1, 0.15) is 0 Å². The Balaban J connectivity index is 1.90. The number of hydrogen-bond donors (Lipinski definition) is 2. The standard InChI is InChI=1S/C11H16N4O2/c1-7-3-13-10(4-12-7)14-11(17)8(2)15-5-9(16)6-15/h3-4,8-9,16H,5-6H2,1-2H3,(H,13,14,17). The van der Waals surface area contributed by atoms with Gasteiger partial charge in [-0.2, -0.15) is 0 Å². The van der Waals surface area contributed by atoms with Gasteiger partial charge in [0.25, 0.3) is 0 Å². The zero-order chi connectivity index (χ0) is 12.4. The quantitative estimate of drug-likeness (QED) is 0.759. The molecule has 6 nitrogen and oxygen atoms in total. The van der Waals surface area contributed by atoms with Crippen LogP contribution in [0, 0.1) is 6.92 Å². The van der Waals surface area contributed by atoms with Gasteiger partial charge < -0.3 is 10.4 Å². The molecule has 0 radical (unpaired) electrons. The van der Waals surface area contributed by atoms with E-state index in [0.717, 1.165) is 5.69 Å². The van der Waals surface area contributed by atoms with E-state index in [-0.39, 0.29) is 18.1 Å². The number of likely N-dealkylation sites (tertiary alicyclic amines) is 1. The van der Waals surface area contributed by atoms with E-state index < -0.39 is 0 Å². The van der Waals surface area contributed by atoms with Crippen LogP contribution in [0.2, 0.25) is 0 Å². The molecule has 2 rings (SSSR count). The number of carbonyl (C=O) groups is 1. The Bertz CT molecular complexity index is 400. The van der Waals surface area contributed by atoms with Gasteiger partial charge in [0.05, 0.1) is 30.2 Å². The van der Waals surface area contributed by atoms with Crippen LogP contribution in [0.5, 0.6) is 0 Å². The van der Waals surface area contributed by atoms with Gasteiger partial charge in [0.2, 0.25) is 5.91 Å². The molecule has 17 heavy (non-hydrogen) atoms. The van der Waals surface area contributed by atoms with Crippen molar-refractivity contribution in [3.05, 3.63) is 18.1 Å². The monoisotopic (exact) mass is 236 g/mol. The van der Waals surface area contributed by atoms with Crippen LogP contribution in [0.15, 0.2) is 12.4 Å². The maximum Gasteiger partial charge on any atom is 0.242 e. The molecule has 1 aliphatic rings. The number of amides is 1. The summed E-state index contributed by atoms with van der Waals surface area (Å²) in [5.41, 5.74) is 0.807. The molecule has 1 aliphatic heterocycles. The van der Waals surface area contributed by atoms with Gasteiger partial charge in [-0.15, -0.1) is 0 Å². The summed E-state index contributed by atoms with van der Waals surface area (Å²) in [4.78, 5) is 21.8. The molecule has 1 atom stereocenters. The highest BCUT2D eigenvalue weighted by atomic mass is 16.3. The van der Waals surface area contributed by atoms with Crippen molar-refractivity contribution < 1.29 is 9.90 Å². The second-order valence-corrected chi connectivity index (χ2v) is 4.32. The molecule has 6 heteroatoms. The molecular weight excluding hydrogens is 220 g/mol. The summed E-state index contributed by atoms with van der Waals surface area (Å²) in [7, 11) is 0. The van der Waals surface area contributed by atoms with Crippen LogP contribution in [-0.4, -0.2) is 51.1 Å². The van der Waals surface area contributed by atoms with E-state index in [1.165, 1.54) is 6.20 Å². The number of nitrogens with one attached hydrogen (secondary N) is 1. The summed E-state index contributed by atoms with van der Waals surface area (Å²) in [6, 6.07) is -0.262. The average Bonchev–Trinajstić information content (AvgIpc) is 2.27. The minimum Gasteiger partial charge on any atom is -0.390 e. The molecule has 1 amide bonds. The lowest BCUT2D eigenvalue weighted by Gasteiger charge is -2.39. The molecule has 1 saturated heterocycles.